The summed E-state index contributed by atoms with van der Waals surface area (Å²) in [5.41, 5.74) is 8.29. The standard InChI is InChI=1S/C20H21N5O2S/c1-13(28-12-14-7-6-8-15(11-14)18(26)27-2)17-23-19(21)25-20(24-17)22-16-9-4-3-5-10-16/h3-11,13H,12H2,1-2H3,(H3,21,22,23,24,25)/t13-/m0/s1. The molecule has 28 heavy (non-hydrogen) atoms. The predicted molar refractivity (Wildman–Crippen MR) is 111 cm³/mol. The Balaban J connectivity index is 1.69. The van der Waals surface area contributed by atoms with Crippen LogP contribution in [0.15, 0.2) is 54.6 Å². The molecule has 3 rings (SSSR count). The molecule has 0 saturated carbocycles. The Bertz CT molecular complexity index is 952. The summed E-state index contributed by atoms with van der Waals surface area (Å²) in [6, 6.07) is 17.0. The number of nitrogens with zero attached hydrogens (tertiary/aromatic N) is 3. The first-order chi connectivity index (χ1) is 13.5. The van der Waals surface area contributed by atoms with E-state index in [2.05, 4.69) is 20.3 Å². The number of nitrogens with one attached hydrogen (secondary N) is 1. The molecule has 3 N–H and O–H groups in total. The van der Waals surface area contributed by atoms with Crippen molar-refractivity contribution in [2.75, 3.05) is 18.2 Å². The molecule has 0 fully saturated rings. The molecule has 2 aromatic carbocycles. The molecule has 0 bridgehead atoms. The Morgan fingerprint density at radius 1 is 1.14 bits per heavy atom. The van der Waals surface area contributed by atoms with Crippen LogP contribution in [-0.2, 0) is 10.5 Å². The van der Waals surface area contributed by atoms with Crippen molar-refractivity contribution in [3.05, 3.63) is 71.5 Å². The van der Waals surface area contributed by atoms with Gasteiger partial charge in [0.2, 0.25) is 11.9 Å². The third kappa shape index (κ3) is 5.20. The third-order valence-corrected chi connectivity index (χ3v) is 5.12. The fourth-order valence-corrected chi connectivity index (χ4v) is 3.38. The monoisotopic (exact) mass is 395 g/mol. The molecule has 1 atom stereocenters. The van der Waals surface area contributed by atoms with Gasteiger partial charge < -0.3 is 15.8 Å². The fraction of sp³-hybridized carbons (Fsp3) is 0.200. The number of benzene rings is 2. The van der Waals surface area contributed by atoms with Gasteiger partial charge in [-0.1, -0.05) is 30.3 Å². The molecule has 1 heterocycles. The van der Waals surface area contributed by atoms with Gasteiger partial charge in [0, 0.05) is 11.4 Å². The molecule has 0 amide bonds. The van der Waals surface area contributed by atoms with E-state index in [9.17, 15) is 4.79 Å². The van der Waals surface area contributed by atoms with Crippen molar-refractivity contribution >= 4 is 35.3 Å². The summed E-state index contributed by atoms with van der Waals surface area (Å²) in [7, 11) is 1.37. The summed E-state index contributed by atoms with van der Waals surface area (Å²) in [6.07, 6.45) is 0. The number of nitrogens with two attached hydrogens (primary N) is 1. The number of hydrogen-bond donors (Lipinski definition) is 2. The maximum atomic E-state index is 11.7. The lowest BCUT2D eigenvalue weighted by Gasteiger charge is -2.12. The molecule has 0 unspecified atom stereocenters. The minimum atomic E-state index is -0.346. The highest BCUT2D eigenvalue weighted by Crippen LogP contribution is 2.30. The maximum absolute atomic E-state index is 11.7. The van der Waals surface area contributed by atoms with Crippen LogP contribution >= 0.6 is 11.8 Å². The van der Waals surface area contributed by atoms with Gasteiger partial charge in [-0.15, -0.1) is 11.8 Å². The first kappa shape index (κ1) is 19.6. The number of para-hydroxylation sites is 1. The summed E-state index contributed by atoms with van der Waals surface area (Å²) < 4.78 is 4.77. The van der Waals surface area contributed by atoms with Gasteiger partial charge in [-0.25, -0.2) is 4.79 Å². The minimum Gasteiger partial charge on any atom is -0.465 e. The minimum absolute atomic E-state index is 0.0107. The van der Waals surface area contributed by atoms with Crippen LogP contribution in [0.4, 0.5) is 17.6 Å². The zero-order chi connectivity index (χ0) is 19.9. The number of hydrogen-bond acceptors (Lipinski definition) is 8. The third-order valence-electron chi connectivity index (χ3n) is 3.91. The molecule has 0 aliphatic carbocycles. The molecular weight excluding hydrogens is 374 g/mol. The average Bonchev–Trinajstić information content (AvgIpc) is 2.72. The van der Waals surface area contributed by atoms with Crippen LogP contribution in [0, 0.1) is 0 Å². The summed E-state index contributed by atoms with van der Waals surface area (Å²) in [5, 5.41) is 3.13. The number of anilines is 3. The molecule has 8 heteroatoms. The van der Waals surface area contributed by atoms with Gasteiger partial charge in [-0.3, -0.25) is 0 Å². The Hall–Kier alpha value is -3.13. The van der Waals surface area contributed by atoms with E-state index in [1.54, 1.807) is 17.8 Å². The number of esters is 1. The van der Waals surface area contributed by atoms with Gasteiger partial charge in [0.15, 0.2) is 0 Å². The van der Waals surface area contributed by atoms with E-state index in [0.717, 1.165) is 11.3 Å². The lowest BCUT2D eigenvalue weighted by molar-refractivity contribution is 0.0600. The number of carbonyl (C=O) groups is 1. The molecular formula is C20H21N5O2S. The zero-order valence-corrected chi connectivity index (χ0v) is 16.4. The lowest BCUT2D eigenvalue weighted by atomic mass is 10.1. The van der Waals surface area contributed by atoms with Gasteiger partial charge in [0.05, 0.1) is 17.9 Å². The van der Waals surface area contributed by atoms with E-state index in [0.29, 0.717) is 23.1 Å². The number of aromatic nitrogens is 3. The van der Waals surface area contributed by atoms with Crippen molar-refractivity contribution in [1.82, 2.24) is 15.0 Å². The van der Waals surface area contributed by atoms with E-state index in [4.69, 9.17) is 10.5 Å². The Labute approximate surface area is 167 Å². The number of nitrogen functional groups attached to an aromatic ring is 1. The smallest absolute Gasteiger partial charge is 0.337 e. The molecule has 0 aliphatic heterocycles. The number of ether oxygens (including phenoxy) is 1. The van der Waals surface area contributed by atoms with E-state index >= 15 is 0 Å². The Morgan fingerprint density at radius 2 is 1.93 bits per heavy atom. The fourth-order valence-electron chi connectivity index (χ4n) is 2.50. The second-order valence-corrected chi connectivity index (χ2v) is 7.34. The SMILES string of the molecule is COC(=O)c1cccc(CS[C@@H](C)c2nc(N)nc(Nc3ccccc3)n2)c1. The van der Waals surface area contributed by atoms with Crippen molar-refractivity contribution in [2.24, 2.45) is 0 Å². The number of methoxy groups -OCH3 is 1. The largest absolute Gasteiger partial charge is 0.465 e. The van der Waals surface area contributed by atoms with Gasteiger partial charge in [0.25, 0.3) is 0 Å². The van der Waals surface area contributed by atoms with Crippen molar-refractivity contribution in [3.8, 4) is 0 Å². The highest BCUT2D eigenvalue weighted by atomic mass is 32.2. The zero-order valence-electron chi connectivity index (χ0n) is 15.6. The van der Waals surface area contributed by atoms with Gasteiger partial charge in [0.1, 0.15) is 5.82 Å². The molecule has 0 spiro atoms. The number of rotatable bonds is 7. The quantitative estimate of drug-likeness (QED) is 0.579. The molecule has 7 nitrogen and oxygen atoms in total. The molecule has 144 valence electrons. The van der Waals surface area contributed by atoms with Crippen molar-refractivity contribution in [3.63, 3.8) is 0 Å². The molecule has 0 saturated heterocycles. The van der Waals surface area contributed by atoms with Crippen LogP contribution in [-0.4, -0.2) is 28.0 Å². The maximum Gasteiger partial charge on any atom is 0.337 e. The second-order valence-electron chi connectivity index (χ2n) is 6.01. The van der Waals surface area contributed by atoms with Gasteiger partial charge in [-0.05, 0) is 36.8 Å². The van der Waals surface area contributed by atoms with E-state index in [1.807, 2.05) is 55.5 Å². The summed E-state index contributed by atoms with van der Waals surface area (Å²) in [6.45, 7) is 2.01. The number of carbonyl (C=O) groups excluding carboxylic acids is 1. The Morgan fingerprint density at radius 3 is 2.68 bits per heavy atom. The Kier molecular flexibility index (Phi) is 6.44. The highest BCUT2D eigenvalue weighted by Gasteiger charge is 2.14. The summed E-state index contributed by atoms with van der Waals surface area (Å²) >= 11 is 1.65. The molecule has 3 aromatic rings. The second kappa shape index (κ2) is 9.18. The van der Waals surface area contributed by atoms with Gasteiger partial charge >= 0.3 is 5.97 Å². The predicted octanol–water partition coefficient (Wildman–Crippen LogP) is 3.98. The van der Waals surface area contributed by atoms with Crippen molar-refractivity contribution in [2.45, 2.75) is 17.9 Å². The molecule has 0 aliphatic rings. The topological polar surface area (TPSA) is 103 Å². The van der Waals surface area contributed by atoms with Gasteiger partial charge in [-0.2, -0.15) is 15.0 Å². The van der Waals surface area contributed by atoms with Crippen molar-refractivity contribution < 1.29 is 9.53 Å². The van der Waals surface area contributed by atoms with E-state index in [1.165, 1.54) is 7.11 Å². The van der Waals surface area contributed by atoms with E-state index in [-0.39, 0.29) is 17.2 Å². The van der Waals surface area contributed by atoms with Crippen molar-refractivity contribution in [1.29, 1.82) is 0 Å². The van der Waals surface area contributed by atoms with Crippen LogP contribution in [0.1, 0.15) is 33.9 Å². The molecule has 0 radical (unpaired) electrons. The summed E-state index contributed by atoms with van der Waals surface area (Å²) in [5.74, 6) is 1.53. The van der Waals surface area contributed by atoms with Crippen LogP contribution in [0.5, 0.6) is 0 Å². The number of thioether (sulfide) groups is 1. The highest BCUT2D eigenvalue weighted by molar-refractivity contribution is 7.98. The first-order valence-electron chi connectivity index (χ1n) is 8.67. The first-order valence-corrected chi connectivity index (χ1v) is 9.72. The average molecular weight is 395 g/mol. The normalized spacial score (nSPS) is 11.6. The lowest BCUT2D eigenvalue weighted by Crippen LogP contribution is -2.08. The summed E-state index contributed by atoms with van der Waals surface area (Å²) in [4.78, 5) is 24.6. The molecule has 1 aromatic heterocycles. The van der Waals surface area contributed by atoms with Crippen LogP contribution in [0.2, 0.25) is 0 Å². The van der Waals surface area contributed by atoms with E-state index < -0.39 is 0 Å². The van der Waals surface area contributed by atoms with Crippen LogP contribution in [0.25, 0.3) is 0 Å². The van der Waals surface area contributed by atoms with Crippen LogP contribution < -0.4 is 11.1 Å². The van der Waals surface area contributed by atoms with Crippen LogP contribution in [0.3, 0.4) is 0 Å².